The van der Waals surface area contributed by atoms with Gasteiger partial charge in [-0.3, -0.25) is 14.2 Å². The van der Waals surface area contributed by atoms with E-state index in [2.05, 4.69) is 33.7 Å². The molecule has 2 heterocycles. The van der Waals surface area contributed by atoms with Crippen molar-refractivity contribution >= 4 is 28.3 Å². The van der Waals surface area contributed by atoms with E-state index in [1.54, 1.807) is 17.9 Å². The standard InChI is InChI=1S/C20H17N5O3/c1-24-12-17(18(23-24)20(27)28)19(26)22-15-9-21-25(11-15)10-14-7-4-6-13-5-2-3-8-16(13)14/h2-9,11-12H,10H2,1H3,(H,22,26)(H,27,28). The number of nitrogens with one attached hydrogen (secondary N) is 1. The highest BCUT2D eigenvalue weighted by atomic mass is 16.4. The predicted octanol–water partition coefficient (Wildman–Crippen LogP) is 2.77. The normalized spacial score (nSPS) is 10.9. The monoisotopic (exact) mass is 375 g/mol. The lowest BCUT2D eigenvalue weighted by Gasteiger charge is -2.06. The Hall–Kier alpha value is -3.94. The highest BCUT2D eigenvalue weighted by Crippen LogP contribution is 2.20. The molecule has 0 atom stereocenters. The number of benzene rings is 2. The van der Waals surface area contributed by atoms with E-state index in [-0.39, 0.29) is 11.3 Å². The maximum atomic E-state index is 12.4. The number of amides is 1. The summed E-state index contributed by atoms with van der Waals surface area (Å²) in [6, 6.07) is 14.2. The third kappa shape index (κ3) is 3.35. The topological polar surface area (TPSA) is 102 Å². The van der Waals surface area contributed by atoms with Gasteiger partial charge in [0.05, 0.1) is 24.0 Å². The van der Waals surface area contributed by atoms with Gasteiger partial charge in [-0.2, -0.15) is 10.2 Å². The van der Waals surface area contributed by atoms with Crippen LogP contribution in [0.3, 0.4) is 0 Å². The first-order valence-electron chi connectivity index (χ1n) is 8.58. The Morgan fingerprint density at radius 3 is 2.71 bits per heavy atom. The van der Waals surface area contributed by atoms with Crippen molar-refractivity contribution in [2.45, 2.75) is 6.54 Å². The van der Waals surface area contributed by atoms with Crippen LogP contribution < -0.4 is 5.32 Å². The Balaban J connectivity index is 1.53. The summed E-state index contributed by atoms with van der Waals surface area (Å²) in [4.78, 5) is 23.7. The van der Waals surface area contributed by atoms with Crippen LogP contribution in [-0.2, 0) is 13.6 Å². The van der Waals surface area contributed by atoms with E-state index < -0.39 is 11.9 Å². The average Bonchev–Trinajstić information content (AvgIpc) is 3.28. The molecule has 0 unspecified atom stereocenters. The van der Waals surface area contributed by atoms with E-state index in [0.29, 0.717) is 12.2 Å². The number of carbonyl (C=O) groups excluding carboxylic acids is 1. The highest BCUT2D eigenvalue weighted by molar-refractivity contribution is 6.09. The largest absolute Gasteiger partial charge is 0.476 e. The zero-order valence-electron chi connectivity index (χ0n) is 15.0. The minimum atomic E-state index is -1.25. The molecule has 0 saturated heterocycles. The summed E-state index contributed by atoms with van der Waals surface area (Å²) in [6.07, 6.45) is 4.61. The molecule has 1 amide bonds. The van der Waals surface area contributed by atoms with Crippen molar-refractivity contribution in [3.63, 3.8) is 0 Å². The van der Waals surface area contributed by atoms with Gasteiger partial charge in [-0.15, -0.1) is 0 Å². The fourth-order valence-corrected chi connectivity index (χ4v) is 3.13. The molecule has 2 aromatic heterocycles. The van der Waals surface area contributed by atoms with Crippen molar-refractivity contribution in [1.82, 2.24) is 19.6 Å². The van der Waals surface area contributed by atoms with Gasteiger partial charge in [0.1, 0.15) is 0 Å². The van der Waals surface area contributed by atoms with Crippen LogP contribution in [0.25, 0.3) is 10.8 Å². The minimum absolute atomic E-state index is 0.00296. The number of anilines is 1. The highest BCUT2D eigenvalue weighted by Gasteiger charge is 2.21. The third-order valence-corrected chi connectivity index (χ3v) is 4.38. The molecule has 2 N–H and O–H groups in total. The van der Waals surface area contributed by atoms with Crippen molar-refractivity contribution in [3.8, 4) is 0 Å². The second-order valence-corrected chi connectivity index (χ2v) is 6.39. The van der Waals surface area contributed by atoms with Gasteiger partial charge in [0.25, 0.3) is 5.91 Å². The van der Waals surface area contributed by atoms with Gasteiger partial charge in [0.15, 0.2) is 5.69 Å². The molecule has 4 rings (SSSR count). The fourth-order valence-electron chi connectivity index (χ4n) is 3.13. The Bertz CT molecular complexity index is 1190. The maximum Gasteiger partial charge on any atom is 0.357 e. The van der Waals surface area contributed by atoms with Crippen molar-refractivity contribution in [1.29, 1.82) is 0 Å². The molecule has 140 valence electrons. The number of carboxylic acid groups (broad SMARTS) is 1. The van der Waals surface area contributed by atoms with E-state index in [1.165, 1.54) is 17.1 Å². The Morgan fingerprint density at radius 2 is 1.89 bits per heavy atom. The fraction of sp³-hybridized carbons (Fsp3) is 0.100. The number of nitrogens with zero attached hydrogens (tertiary/aromatic N) is 4. The van der Waals surface area contributed by atoms with Crippen LogP contribution in [0.1, 0.15) is 26.4 Å². The molecule has 8 heteroatoms. The molecule has 0 bridgehead atoms. The first-order valence-corrected chi connectivity index (χ1v) is 8.58. The van der Waals surface area contributed by atoms with E-state index in [1.807, 2.05) is 24.3 Å². The summed E-state index contributed by atoms with van der Waals surface area (Å²) in [5.41, 5.74) is 1.30. The van der Waals surface area contributed by atoms with E-state index >= 15 is 0 Å². The zero-order valence-corrected chi connectivity index (χ0v) is 15.0. The van der Waals surface area contributed by atoms with Crippen LogP contribution in [0, 0.1) is 0 Å². The molecule has 8 nitrogen and oxygen atoms in total. The van der Waals surface area contributed by atoms with Crippen LogP contribution >= 0.6 is 0 Å². The van der Waals surface area contributed by atoms with E-state index in [4.69, 9.17) is 0 Å². The van der Waals surface area contributed by atoms with Gasteiger partial charge < -0.3 is 10.4 Å². The second kappa shape index (κ2) is 6.99. The number of carboxylic acids is 1. The molecule has 0 saturated carbocycles. The molecular formula is C20H17N5O3. The molecule has 0 radical (unpaired) electrons. The Kier molecular flexibility index (Phi) is 4.36. The van der Waals surface area contributed by atoms with Crippen molar-refractivity contribution in [2.24, 2.45) is 7.05 Å². The van der Waals surface area contributed by atoms with Crippen LogP contribution in [0.15, 0.2) is 61.1 Å². The van der Waals surface area contributed by atoms with Gasteiger partial charge >= 0.3 is 5.97 Å². The first kappa shape index (κ1) is 17.5. The van der Waals surface area contributed by atoms with Crippen molar-refractivity contribution in [2.75, 3.05) is 5.32 Å². The number of hydrogen-bond donors (Lipinski definition) is 2. The number of carbonyl (C=O) groups is 2. The van der Waals surface area contributed by atoms with Gasteiger partial charge in [-0.25, -0.2) is 4.79 Å². The van der Waals surface area contributed by atoms with Crippen LogP contribution in [0.2, 0.25) is 0 Å². The summed E-state index contributed by atoms with van der Waals surface area (Å²) >= 11 is 0. The summed E-state index contributed by atoms with van der Waals surface area (Å²) in [5.74, 6) is -1.80. The lowest BCUT2D eigenvalue weighted by Crippen LogP contribution is -2.15. The number of fused-ring (bicyclic) bond motifs is 1. The summed E-state index contributed by atoms with van der Waals surface area (Å²) < 4.78 is 3.01. The molecule has 28 heavy (non-hydrogen) atoms. The summed E-state index contributed by atoms with van der Waals surface area (Å²) in [6.45, 7) is 0.546. The van der Waals surface area contributed by atoms with Crippen LogP contribution in [0.5, 0.6) is 0 Å². The number of aryl methyl sites for hydroxylation is 1. The average molecular weight is 375 g/mol. The molecule has 2 aromatic carbocycles. The number of rotatable bonds is 5. The molecule has 0 aliphatic carbocycles. The van der Waals surface area contributed by atoms with Gasteiger partial charge in [-0.1, -0.05) is 42.5 Å². The molecule has 0 spiro atoms. The number of hydrogen-bond acceptors (Lipinski definition) is 4. The summed E-state index contributed by atoms with van der Waals surface area (Å²) in [5, 5.41) is 22.2. The zero-order chi connectivity index (χ0) is 19.7. The van der Waals surface area contributed by atoms with E-state index in [9.17, 15) is 14.7 Å². The SMILES string of the molecule is Cn1cc(C(=O)Nc2cnn(Cc3cccc4ccccc34)c2)c(C(=O)O)n1. The maximum absolute atomic E-state index is 12.4. The smallest absolute Gasteiger partial charge is 0.357 e. The molecule has 4 aromatic rings. The van der Waals surface area contributed by atoms with Crippen molar-refractivity contribution < 1.29 is 14.7 Å². The lowest BCUT2D eigenvalue weighted by molar-refractivity contribution is 0.0685. The molecule has 0 fully saturated rings. The van der Waals surface area contributed by atoms with Crippen LogP contribution in [-0.4, -0.2) is 36.5 Å². The van der Waals surface area contributed by atoms with Gasteiger partial charge in [0.2, 0.25) is 0 Å². The van der Waals surface area contributed by atoms with Gasteiger partial charge in [-0.05, 0) is 16.3 Å². The lowest BCUT2D eigenvalue weighted by atomic mass is 10.0. The Labute approximate surface area is 160 Å². The predicted molar refractivity (Wildman–Crippen MR) is 103 cm³/mol. The quantitative estimate of drug-likeness (QED) is 0.558. The van der Waals surface area contributed by atoms with E-state index in [0.717, 1.165) is 16.3 Å². The van der Waals surface area contributed by atoms with Crippen molar-refractivity contribution in [3.05, 3.63) is 77.9 Å². The van der Waals surface area contributed by atoms with Gasteiger partial charge in [0, 0.05) is 19.4 Å². The molecule has 0 aliphatic heterocycles. The summed E-state index contributed by atoms with van der Waals surface area (Å²) in [7, 11) is 1.56. The van der Waals surface area contributed by atoms with Crippen LogP contribution in [0.4, 0.5) is 5.69 Å². The minimum Gasteiger partial charge on any atom is -0.476 e. The third-order valence-electron chi connectivity index (χ3n) is 4.38. The Morgan fingerprint density at radius 1 is 1.11 bits per heavy atom. The second-order valence-electron chi connectivity index (χ2n) is 6.39. The molecule has 0 aliphatic rings. The first-order chi connectivity index (χ1) is 13.5. The molecular weight excluding hydrogens is 358 g/mol. The number of aromatic carboxylic acids is 1. The number of aromatic nitrogens is 4.